The van der Waals surface area contributed by atoms with Gasteiger partial charge >= 0.3 is 0 Å². The van der Waals surface area contributed by atoms with Gasteiger partial charge in [0.2, 0.25) is 5.91 Å². The van der Waals surface area contributed by atoms with Crippen LogP contribution in [-0.2, 0) is 17.6 Å². The van der Waals surface area contributed by atoms with E-state index in [-0.39, 0.29) is 24.2 Å². The molecule has 0 aliphatic heterocycles. The summed E-state index contributed by atoms with van der Waals surface area (Å²) in [5.41, 5.74) is 5.11. The Morgan fingerprint density at radius 2 is 1.84 bits per heavy atom. The molecule has 0 saturated carbocycles. The minimum Gasteiger partial charge on any atom is -0.363 e. The van der Waals surface area contributed by atoms with Crippen molar-refractivity contribution in [2.24, 2.45) is 0 Å². The predicted octanol–water partition coefficient (Wildman–Crippen LogP) is 5.65. The third-order valence-electron chi connectivity index (χ3n) is 5.71. The minimum absolute atomic E-state index is 0.142. The predicted molar refractivity (Wildman–Crippen MR) is 122 cm³/mol. The topological polar surface area (TPSA) is 54.0 Å². The Morgan fingerprint density at radius 3 is 2.71 bits per heavy atom. The Morgan fingerprint density at radius 1 is 1.00 bits per heavy atom. The zero-order valence-corrected chi connectivity index (χ0v) is 16.9. The zero-order valence-electron chi connectivity index (χ0n) is 16.9. The average Bonchev–Trinajstić information content (AvgIpc) is 3.18. The standard InChI is InChI=1S/C26H22FN3O/c27-20-9-5-17(6-10-20)15-26(31)28-21-11-13-23-19(16-21)8-14-25(29-23)30-24-12-7-18-3-1-2-4-22(18)24/h1-6,8-11,13-14,16,24H,7,12,15H2,(H,28,31)(H,29,30)/t24-/m1/s1. The van der Waals surface area contributed by atoms with E-state index in [0.29, 0.717) is 5.69 Å². The molecule has 3 aromatic carbocycles. The first kappa shape index (κ1) is 19.2. The maximum absolute atomic E-state index is 13.0. The summed E-state index contributed by atoms with van der Waals surface area (Å²) >= 11 is 0. The molecule has 0 radical (unpaired) electrons. The average molecular weight is 411 g/mol. The van der Waals surface area contributed by atoms with E-state index in [1.165, 1.54) is 23.3 Å². The van der Waals surface area contributed by atoms with Gasteiger partial charge in [-0.2, -0.15) is 0 Å². The van der Waals surface area contributed by atoms with Gasteiger partial charge in [0.1, 0.15) is 11.6 Å². The van der Waals surface area contributed by atoms with Crippen molar-refractivity contribution in [1.29, 1.82) is 0 Å². The van der Waals surface area contributed by atoms with E-state index in [4.69, 9.17) is 4.98 Å². The summed E-state index contributed by atoms with van der Waals surface area (Å²) in [7, 11) is 0. The number of aryl methyl sites for hydroxylation is 1. The number of carbonyl (C=O) groups is 1. The Hall–Kier alpha value is -3.73. The van der Waals surface area contributed by atoms with Gasteiger partial charge in [-0.3, -0.25) is 4.79 Å². The molecule has 5 rings (SSSR count). The SMILES string of the molecule is O=C(Cc1ccc(F)cc1)Nc1ccc2nc(N[C@@H]3CCc4ccccc43)ccc2c1. The maximum atomic E-state index is 13.0. The Kier molecular flexibility index (Phi) is 5.08. The molecular weight excluding hydrogens is 389 g/mol. The lowest BCUT2D eigenvalue weighted by atomic mass is 10.1. The highest BCUT2D eigenvalue weighted by Crippen LogP contribution is 2.33. The first-order valence-corrected chi connectivity index (χ1v) is 10.4. The lowest BCUT2D eigenvalue weighted by Gasteiger charge is -2.15. The van der Waals surface area contributed by atoms with Gasteiger partial charge in [-0.25, -0.2) is 9.37 Å². The molecule has 154 valence electrons. The molecule has 0 fully saturated rings. The number of hydrogen-bond acceptors (Lipinski definition) is 3. The van der Waals surface area contributed by atoms with Crippen LogP contribution in [0.2, 0.25) is 0 Å². The molecule has 1 aliphatic rings. The van der Waals surface area contributed by atoms with Gasteiger partial charge in [0.25, 0.3) is 0 Å². The number of aromatic nitrogens is 1. The molecule has 5 heteroatoms. The number of pyridine rings is 1. The van der Waals surface area contributed by atoms with Crippen molar-refractivity contribution in [2.75, 3.05) is 10.6 Å². The normalized spacial score (nSPS) is 14.9. The lowest BCUT2D eigenvalue weighted by molar-refractivity contribution is -0.115. The van der Waals surface area contributed by atoms with Gasteiger partial charge in [0.05, 0.1) is 18.0 Å². The zero-order chi connectivity index (χ0) is 21.2. The van der Waals surface area contributed by atoms with Crippen LogP contribution in [0.15, 0.2) is 78.9 Å². The Balaban J connectivity index is 1.28. The smallest absolute Gasteiger partial charge is 0.228 e. The number of halogens is 1. The molecule has 1 aliphatic carbocycles. The number of nitrogens with zero attached hydrogens (tertiary/aromatic N) is 1. The van der Waals surface area contributed by atoms with Crippen molar-refractivity contribution in [3.63, 3.8) is 0 Å². The fourth-order valence-corrected chi connectivity index (χ4v) is 4.16. The van der Waals surface area contributed by atoms with Crippen molar-refractivity contribution < 1.29 is 9.18 Å². The van der Waals surface area contributed by atoms with E-state index in [1.54, 1.807) is 12.1 Å². The van der Waals surface area contributed by atoms with Gasteiger partial charge in [-0.1, -0.05) is 36.4 Å². The highest BCUT2D eigenvalue weighted by Gasteiger charge is 2.21. The van der Waals surface area contributed by atoms with E-state index in [0.717, 1.165) is 35.1 Å². The molecule has 0 unspecified atom stereocenters. The van der Waals surface area contributed by atoms with Crippen LogP contribution in [0.5, 0.6) is 0 Å². The number of fused-ring (bicyclic) bond motifs is 2. The highest BCUT2D eigenvalue weighted by molar-refractivity contribution is 5.95. The van der Waals surface area contributed by atoms with Crippen molar-refractivity contribution in [3.8, 4) is 0 Å². The summed E-state index contributed by atoms with van der Waals surface area (Å²) in [5, 5.41) is 7.42. The quantitative estimate of drug-likeness (QED) is 0.446. The molecule has 0 spiro atoms. The number of amides is 1. The van der Waals surface area contributed by atoms with Crippen molar-refractivity contribution in [3.05, 3.63) is 101 Å². The van der Waals surface area contributed by atoms with E-state index in [1.807, 2.05) is 30.3 Å². The summed E-state index contributed by atoms with van der Waals surface area (Å²) in [5.74, 6) is 0.400. The molecule has 0 saturated heterocycles. The lowest BCUT2D eigenvalue weighted by Crippen LogP contribution is -2.14. The van der Waals surface area contributed by atoms with Crippen molar-refractivity contribution >= 4 is 28.3 Å². The van der Waals surface area contributed by atoms with Crippen LogP contribution in [0, 0.1) is 5.82 Å². The molecule has 1 aromatic heterocycles. The molecule has 31 heavy (non-hydrogen) atoms. The Labute approximate surface area is 180 Å². The van der Waals surface area contributed by atoms with Gasteiger partial charge in [0.15, 0.2) is 0 Å². The molecule has 1 heterocycles. The van der Waals surface area contributed by atoms with E-state index >= 15 is 0 Å². The Bertz CT molecular complexity index is 1250. The van der Waals surface area contributed by atoms with Crippen LogP contribution in [0.3, 0.4) is 0 Å². The number of benzene rings is 3. The molecule has 1 amide bonds. The first-order valence-electron chi connectivity index (χ1n) is 10.4. The number of carbonyl (C=O) groups excluding carboxylic acids is 1. The molecule has 0 bridgehead atoms. The number of rotatable bonds is 5. The van der Waals surface area contributed by atoms with Gasteiger partial charge in [-0.05, 0) is 72.0 Å². The van der Waals surface area contributed by atoms with Crippen LogP contribution in [0.4, 0.5) is 15.9 Å². The van der Waals surface area contributed by atoms with Crippen LogP contribution >= 0.6 is 0 Å². The number of nitrogens with one attached hydrogen (secondary N) is 2. The van der Waals surface area contributed by atoms with Crippen molar-refractivity contribution in [2.45, 2.75) is 25.3 Å². The third-order valence-corrected chi connectivity index (χ3v) is 5.71. The maximum Gasteiger partial charge on any atom is 0.228 e. The molecule has 1 atom stereocenters. The second kappa shape index (κ2) is 8.19. The number of hydrogen-bond donors (Lipinski definition) is 2. The van der Waals surface area contributed by atoms with E-state index < -0.39 is 0 Å². The third kappa shape index (κ3) is 4.26. The summed E-state index contributed by atoms with van der Waals surface area (Å²) in [4.78, 5) is 17.1. The van der Waals surface area contributed by atoms with E-state index in [9.17, 15) is 9.18 Å². The monoisotopic (exact) mass is 411 g/mol. The second-order valence-electron chi connectivity index (χ2n) is 7.89. The fraction of sp³-hybridized carbons (Fsp3) is 0.154. The highest BCUT2D eigenvalue weighted by atomic mass is 19.1. The molecule has 4 aromatic rings. The summed E-state index contributed by atoms with van der Waals surface area (Å²) < 4.78 is 13.0. The summed E-state index contributed by atoms with van der Waals surface area (Å²) in [6, 6.07) is 24.5. The van der Waals surface area contributed by atoms with Crippen LogP contribution in [-0.4, -0.2) is 10.9 Å². The molecule has 2 N–H and O–H groups in total. The minimum atomic E-state index is -0.308. The second-order valence-corrected chi connectivity index (χ2v) is 7.89. The van der Waals surface area contributed by atoms with Crippen LogP contribution < -0.4 is 10.6 Å². The van der Waals surface area contributed by atoms with E-state index in [2.05, 4.69) is 34.9 Å². The van der Waals surface area contributed by atoms with Crippen molar-refractivity contribution in [1.82, 2.24) is 4.98 Å². The van der Waals surface area contributed by atoms with Crippen LogP contribution in [0.1, 0.15) is 29.2 Å². The summed E-state index contributed by atoms with van der Waals surface area (Å²) in [6.45, 7) is 0. The largest absolute Gasteiger partial charge is 0.363 e. The molecule has 4 nitrogen and oxygen atoms in total. The molecular formula is C26H22FN3O. The van der Waals surface area contributed by atoms with Gasteiger partial charge < -0.3 is 10.6 Å². The summed E-state index contributed by atoms with van der Waals surface area (Å²) in [6.07, 6.45) is 2.35. The fourth-order valence-electron chi connectivity index (χ4n) is 4.16. The van der Waals surface area contributed by atoms with Gasteiger partial charge in [0, 0.05) is 11.1 Å². The first-order chi connectivity index (χ1) is 15.1. The van der Waals surface area contributed by atoms with Gasteiger partial charge in [-0.15, -0.1) is 0 Å². The number of anilines is 2. The van der Waals surface area contributed by atoms with Crippen LogP contribution in [0.25, 0.3) is 10.9 Å².